The maximum atomic E-state index is 10.9. The lowest BCUT2D eigenvalue weighted by molar-refractivity contribution is 0.0469. The fraction of sp³-hybridized carbons (Fsp3) is 0.286. The smallest absolute Gasteiger partial charge is 0.131 e. The molecule has 1 unspecified atom stereocenters. The van der Waals surface area contributed by atoms with E-state index in [1.165, 1.54) is 0 Å². The van der Waals surface area contributed by atoms with Gasteiger partial charge in [0.2, 0.25) is 0 Å². The van der Waals surface area contributed by atoms with Crippen LogP contribution in [0.5, 0.6) is 0 Å². The van der Waals surface area contributed by atoms with Gasteiger partial charge in [0, 0.05) is 6.54 Å². The monoisotopic (exact) mass is 239 g/mol. The molecule has 1 aromatic heterocycles. The Morgan fingerprint density at radius 1 is 1.33 bits per heavy atom. The lowest BCUT2D eigenvalue weighted by Crippen LogP contribution is -2.34. The summed E-state index contributed by atoms with van der Waals surface area (Å²) in [6.45, 7) is 0.897. The second-order valence-electron chi connectivity index (χ2n) is 4.63. The van der Waals surface area contributed by atoms with Gasteiger partial charge in [-0.15, -0.1) is 0 Å². The molecule has 0 bridgehead atoms. The van der Waals surface area contributed by atoms with Gasteiger partial charge in [-0.2, -0.15) is 5.26 Å². The number of imidazole rings is 1. The highest BCUT2D eigenvalue weighted by Gasteiger charge is 2.36. The zero-order valence-electron chi connectivity index (χ0n) is 9.87. The fourth-order valence-electron chi connectivity index (χ4n) is 2.59. The van der Waals surface area contributed by atoms with E-state index in [4.69, 9.17) is 5.26 Å². The van der Waals surface area contributed by atoms with Crippen LogP contribution in [0.2, 0.25) is 0 Å². The van der Waals surface area contributed by atoms with E-state index in [-0.39, 0.29) is 0 Å². The number of benzene rings is 1. The molecule has 2 aromatic rings. The summed E-state index contributed by atoms with van der Waals surface area (Å²) in [6, 6.07) is 9.20. The molecule has 0 aliphatic carbocycles. The molecule has 18 heavy (non-hydrogen) atoms. The molecule has 0 amide bonds. The van der Waals surface area contributed by atoms with Gasteiger partial charge in [-0.3, -0.25) is 0 Å². The van der Waals surface area contributed by atoms with Crippen LogP contribution in [0.15, 0.2) is 36.8 Å². The second kappa shape index (κ2) is 3.97. The Hall–Kier alpha value is -2.12. The van der Waals surface area contributed by atoms with Crippen LogP contribution in [-0.2, 0) is 12.1 Å². The van der Waals surface area contributed by atoms with Gasteiger partial charge in [-0.05, 0) is 30.5 Å². The predicted molar refractivity (Wildman–Crippen MR) is 65.6 cm³/mol. The highest BCUT2D eigenvalue weighted by molar-refractivity contribution is 5.38. The van der Waals surface area contributed by atoms with E-state index in [1.807, 2.05) is 16.7 Å². The van der Waals surface area contributed by atoms with Crippen molar-refractivity contribution in [1.82, 2.24) is 9.55 Å². The number of aryl methyl sites for hydroxylation is 1. The average Bonchev–Trinajstić information content (AvgIpc) is 2.89. The van der Waals surface area contributed by atoms with Gasteiger partial charge in [0.1, 0.15) is 5.60 Å². The topological polar surface area (TPSA) is 61.8 Å². The molecule has 0 spiro atoms. The minimum absolute atomic E-state index is 0.603. The molecule has 0 saturated carbocycles. The normalized spacial score (nSPS) is 22.2. The average molecular weight is 239 g/mol. The summed E-state index contributed by atoms with van der Waals surface area (Å²) in [7, 11) is 0. The number of nitriles is 1. The predicted octanol–water partition coefficient (Wildman–Crippen LogP) is 1.78. The fourth-order valence-corrected chi connectivity index (χ4v) is 2.59. The Labute approximate surface area is 105 Å². The van der Waals surface area contributed by atoms with E-state index >= 15 is 0 Å². The Bertz CT molecular complexity index is 609. The van der Waals surface area contributed by atoms with Crippen LogP contribution in [0.25, 0.3) is 0 Å². The third-order valence-corrected chi connectivity index (χ3v) is 3.57. The number of nitrogens with zero attached hydrogens (tertiary/aromatic N) is 3. The van der Waals surface area contributed by atoms with E-state index in [9.17, 15) is 5.11 Å². The summed E-state index contributed by atoms with van der Waals surface area (Å²) < 4.78 is 1.99. The molecule has 3 rings (SSSR count). The van der Waals surface area contributed by atoms with Gasteiger partial charge in [-0.25, -0.2) is 4.98 Å². The van der Waals surface area contributed by atoms with Gasteiger partial charge in [0.05, 0.1) is 29.9 Å². The summed E-state index contributed by atoms with van der Waals surface area (Å²) in [5, 5.41) is 19.7. The first kappa shape index (κ1) is 11.0. The van der Waals surface area contributed by atoms with Crippen molar-refractivity contribution in [3.8, 4) is 6.07 Å². The lowest BCUT2D eigenvalue weighted by atomic mass is 9.84. The SMILES string of the molecule is N#Cc1ccc(C2(O)CCCn3cncc32)cc1. The molecule has 2 heterocycles. The molecule has 1 N–H and O–H groups in total. The van der Waals surface area contributed by atoms with Crippen LogP contribution < -0.4 is 0 Å². The van der Waals surface area contributed by atoms with Crippen molar-refractivity contribution in [2.45, 2.75) is 25.0 Å². The van der Waals surface area contributed by atoms with Crippen molar-refractivity contribution in [2.75, 3.05) is 0 Å². The van der Waals surface area contributed by atoms with E-state index in [0.717, 1.165) is 24.2 Å². The summed E-state index contributed by atoms with van der Waals surface area (Å²) in [5.74, 6) is 0. The molecule has 0 fully saturated rings. The standard InChI is InChI=1S/C14H13N3O/c15-8-11-2-4-12(5-3-11)14(18)6-1-7-17-10-16-9-13(14)17/h2-5,9-10,18H,1,6-7H2. The maximum absolute atomic E-state index is 10.9. The van der Waals surface area contributed by atoms with Gasteiger partial charge >= 0.3 is 0 Å². The Kier molecular flexibility index (Phi) is 2.42. The lowest BCUT2D eigenvalue weighted by Gasteiger charge is -2.33. The van der Waals surface area contributed by atoms with E-state index < -0.39 is 5.60 Å². The van der Waals surface area contributed by atoms with Crippen LogP contribution in [0.4, 0.5) is 0 Å². The largest absolute Gasteiger partial charge is 0.379 e. The molecule has 1 aliphatic heterocycles. The molecular weight excluding hydrogens is 226 g/mol. The van der Waals surface area contributed by atoms with E-state index in [1.54, 1.807) is 24.7 Å². The van der Waals surface area contributed by atoms with Crippen molar-refractivity contribution >= 4 is 0 Å². The number of hydrogen-bond acceptors (Lipinski definition) is 3. The minimum Gasteiger partial charge on any atom is -0.379 e. The summed E-state index contributed by atoms with van der Waals surface area (Å²) in [6.07, 6.45) is 5.07. The molecule has 0 saturated heterocycles. The summed E-state index contributed by atoms with van der Waals surface area (Å²) in [4.78, 5) is 4.11. The Balaban J connectivity index is 2.08. The highest BCUT2D eigenvalue weighted by Crippen LogP contribution is 2.37. The van der Waals surface area contributed by atoms with Crippen LogP contribution in [-0.4, -0.2) is 14.7 Å². The maximum Gasteiger partial charge on any atom is 0.131 e. The van der Waals surface area contributed by atoms with Gasteiger partial charge < -0.3 is 9.67 Å². The van der Waals surface area contributed by atoms with Crippen molar-refractivity contribution < 1.29 is 5.11 Å². The third kappa shape index (κ3) is 1.52. The zero-order chi connectivity index (χ0) is 12.6. The van der Waals surface area contributed by atoms with E-state index in [0.29, 0.717) is 12.0 Å². The highest BCUT2D eigenvalue weighted by atomic mass is 16.3. The molecule has 90 valence electrons. The number of aromatic nitrogens is 2. The molecule has 4 heteroatoms. The van der Waals surface area contributed by atoms with Crippen molar-refractivity contribution in [3.63, 3.8) is 0 Å². The summed E-state index contributed by atoms with van der Waals surface area (Å²) >= 11 is 0. The van der Waals surface area contributed by atoms with Crippen LogP contribution >= 0.6 is 0 Å². The first-order valence-electron chi connectivity index (χ1n) is 5.98. The minimum atomic E-state index is -0.983. The van der Waals surface area contributed by atoms with Crippen molar-refractivity contribution in [3.05, 3.63) is 53.6 Å². The molecule has 4 nitrogen and oxygen atoms in total. The van der Waals surface area contributed by atoms with Gasteiger partial charge in [0.25, 0.3) is 0 Å². The van der Waals surface area contributed by atoms with E-state index in [2.05, 4.69) is 11.1 Å². The number of hydrogen-bond donors (Lipinski definition) is 1. The number of rotatable bonds is 1. The third-order valence-electron chi connectivity index (χ3n) is 3.57. The van der Waals surface area contributed by atoms with Gasteiger partial charge in [-0.1, -0.05) is 12.1 Å². The molecule has 1 atom stereocenters. The first-order chi connectivity index (χ1) is 8.74. The van der Waals surface area contributed by atoms with Gasteiger partial charge in [0.15, 0.2) is 0 Å². The second-order valence-corrected chi connectivity index (χ2v) is 4.63. The van der Waals surface area contributed by atoms with Crippen LogP contribution in [0, 0.1) is 11.3 Å². The van der Waals surface area contributed by atoms with Crippen LogP contribution in [0.3, 0.4) is 0 Å². The van der Waals surface area contributed by atoms with Crippen molar-refractivity contribution in [2.24, 2.45) is 0 Å². The molecule has 1 aromatic carbocycles. The number of fused-ring (bicyclic) bond motifs is 1. The van der Waals surface area contributed by atoms with Crippen molar-refractivity contribution in [1.29, 1.82) is 5.26 Å². The molecule has 1 aliphatic rings. The van der Waals surface area contributed by atoms with Crippen LogP contribution in [0.1, 0.15) is 29.7 Å². The summed E-state index contributed by atoms with van der Waals surface area (Å²) in [5.41, 5.74) is 1.27. The quantitative estimate of drug-likeness (QED) is 0.825. The molecular formula is C14H13N3O. The molecule has 0 radical (unpaired) electrons. The first-order valence-corrected chi connectivity index (χ1v) is 5.98. The Morgan fingerprint density at radius 2 is 2.11 bits per heavy atom. The Morgan fingerprint density at radius 3 is 2.83 bits per heavy atom. The number of aliphatic hydroxyl groups is 1. The zero-order valence-corrected chi connectivity index (χ0v) is 9.87.